The zero-order chi connectivity index (χ0) is 12.3. The Morgan fingerprint density at radius 2 is 2.00 bits per heavy atom. The van der Waals surface area contributed by atoms with Gasteiger partial charge in [-0.3, -0.25) is 0 Å². The SMILES string of the molecule is CCc1ccccc1Nc1cc(C)cc(Cl)n1. The summed E-state index contributed by atoms with van der Waals surface area (Å²) in [4.78, 5) is 4.26. The van der Waals surface area contributed by atoms with Gasteiger partial charge in [-0.05, 0) is 42.7 Å². The second-order valence-corrected chi connectivity index (χ2v) is 4.38. The number of hydrogen-bond acceptors (Lipinski definition) is 2. The van der Waals surface area contributed by atoms with Gasteiger partial charge >= 0.3 is 0 Å². The van der Waals surface area contributed by atoms with Crippen LogP contribution in [0.1, 0.15) is 18.1 Å². The van der Waals surface area contributed by atoms with E-state index in [-0.39, 0.29) is 0 Å². The number of benzene rings is 1. The molecule has 0 aliphatic carbocycles. The summed E-state index contributed by atoms with van der Waals surface area (Å²) in [5, 5.41) is 3.82. The van der Waals surface area contributed by atoms with Gasteiger partial charge in [-0.1, -0.05) is 36.7 Å². The standard InChI is InChI=1S/C14H15ClN2/c1-3-11-6-4-5-7-12(11)16-14-9-10(2)8-13(15)17-14/h4-9H,3H2,1-2H3,(H,16,17). The minimum Gasteiger partial charge on any atom is -0.340 e. The summed E-state index contributed by atoms with van der Waals surface area (Å²) >= 11 is 5.94. The zero-order valence-electron chi connectivity index (χ0n) is 10.00. The monoisotopic (exact) mass is 246 g/mol. The molecule has 1 N–H and O–H groups in total. The lowest BCUT2D eigenvalue weighted by Gasteiger charge is -2.10. The van der Waals surface area contributed by atoms with Gasteiger partial charge in [-0.2, -0.15) is 0 Å². The van der Waals surface area contributed by atoms with E-state index in [1.165, 1.54) is 5.56 Å². The van der Waals surface area contributed by atoms with Gasteiger partial charge in [0.2, 0.25) is 0 Å². The summed E-state index contributed by atoms with van der Waals surface area (Å²) in [6.07, 6.45) is 0.989. The summed E-state index contributed by atoms with van der Waals surface area (Å²) in [5.41, 5.74) is 3.46. The maximum absolute atomic E-state index is 5.94. The molecule has 0 aliphatic heterocycles. The first-order valence-corrected chi connectivity index (χ1v) is 6.06. The molecular formula is C14H15ClN2. The summed E-state index contributed by atoms with van der Waals surface area (Å²) < 4.78 is 0. The van der Waals surface area contributed by atoms with Gasteiger partial charge < -0.3 is 5.32 Å². The molecular weight excluding hydrogens is 232 g/mol. The van der Waals surface area contributed by atoms with Crippen LogP contribution in [0.3, 0.4) is 0 Å². The van der Waals surface area contributed by atoms with E-state index in [1.807, 2.05) is 31.2 Å². The minimum absolute atomic E-state index is 0.515. The van der Waals surface area contributed by atoms with E-state index in [1.54, 1.807) is 0 Å². The first kappa shape index (κ1) is 11.9. The van der Waals surface area contributed by atoms with Crippen LogP contribution in [0.25, 0.3) is 0 Å². The fourth-order valence-corrected chi connectivity index (χ4v) is 2.04. The minimum atomic E-state index is 0.515. The lowest BCUT2D eigenvalue weighted by molar-refractivity contribution is 1.14. The Morgan fingerprint density at radius 3 is 2.71 bits per heavy atom. The highest BCUT2D eigenvalue weighted by Crippen LogP contribution is 2.22. The van der Waals surface area contributed by atoms with Gasteiger partial charge in [0.05, 0.1) is 0 Å². The van der Waals surface area contributed by atoms with Crippen LogP contribution in [0.15, 0.2) is 36.4 Å². The normalized spacial score (nSPS) is 10.3. The molecule has 0 bridgehead atoms. The van der Waals surface area contributed by atoms with Gasteiger partial charge in [0, 0.05) is 5.69 Å². The van der Waals surface area contributed by atoms with Crippen LogP contribution in [0.2, 0.25) is 5.15 Å². The molecule has 0 aliphatic rings. The number of nitrogens with zero attached hydrogens (tertiary/aromatic N) is 1. The molecule has 1 aromatic carbocycles. The first-order chi connectivity index (χ1) is 8.19. The quantitative estimate of drug-likeness (QED) is 0.815. The molecule has 0 saturated heterocycles. The number of aromatic nitrogens is 1. The Hall–Kier alpha value is -1.54. The van der Waals surface area contributed by atoms with E-state index in [4.69, 9.17) is 11.6 Å². The van der Waals surface area contributed by atoms with Crippen molar-refractivity contribution in [2.75, 3.05) is 5.32 Å². The molecule has 0 amide bonds. The van der Waals surface area contributed by atoms with Crippen LogP contribution < -0.4 is 5.32 Å². The summed E-state index contributed by atoms with van der Waals surface area (Å²) in [7, 11) is 0. The van der Waals surface area contributed by atoms with Crippen molar-refractivity contribution in [3.63, 3.8) is 0 Å². The Labute approximate surface area is 107 Å². The summed E-state index contributed by atoms with van der Waals surface area (Å²) in [6, 6.07) is 12.0. The number of pyridine rings is 1. The van der Waals surface area contributed by atoms with Crippen LogP contribution in [-0.2, 0) is 6.42 Å². The largest absolute Gasteiger partial charge is 0.340 e. The molecule has 0 spiro atoms. The molecule has 0 saturated carbocycles. The average molecular weight is 247 g/mol. The van der Waals surface area contributed by atoms with Crippen molar-refractivity contribution in [1.29, 1.82) is 0 Å². The molecule has 0 unspecified atom stereocenters. The van der Waals surface area contributed by atoms with Crippen molar-refractivity contribution < 1.29 is 0 Å². The van der Waals surface area contributed by atoms with Crippen molar-refractivity contribution in [3.8, 4) is 0 Å². The lowest BCUT2D eigenvalue weighted by atomic mass is 10.1. The van der Waals surface area contributed by atoms with Crippen molar-refractivity contribution in [2.24, 2.45) is 0 Å². The van der Waals surface area contributed by atoms with Crippen LogP contribution in [-0.4, -0.2) is 4.98 Å². The van der Waals surface area contributed by atoms with Crippen molar-refractivity contribution >= 4 is 23.1 Å². The summed E-state index contributed by atoms with van der Waals surface area (Å²) in [6.45, 7) is 4.14. The number of anilines is 2. The van der Waals surface area contributed by atoms with Crippen LogP contribution in [0.4, 0.5) is 11.5 Å². The molecule has 0 radical (unpaired) electrons. The fraction of sp³-hybridized carbons (Fsp3) is 0.214. The molecule has 2 rings (SSSR count). The highest BCUT2D eigenvalue weighted by molar-refractivity contribution is 6.29. The Morgan fingerprint density at radius 1 is 1.24 bits per heavy atom. The molecule has 88 valence electrons. The van der Waals surface area contributed by atoms with Crippen molar-refractivity contribution in [3.05, 3.63) is 52.7 Å². The lowest BCUT2D eigenvalue weighted by Crippen LogP contribution is -1.97. The second kappa shape index (κ2) is 5.19. The molecule has 0 fully saturated rings. The highest BCUT2D eigenvalue weighted by atomic mass is 35.5. The van der Waals surface area contributed by atoms with Crippen molar-refractivity contribution in [1.82, 2.24) is 4.98 Å². The number of hydrogen-bond donors (Lipinski definition) is 1. The average Bonchev–Trinajstić information content (AvgIpc) is 2.28. The van der Waals surface area contributed by atoms with Gasteiger partial charge in [0.15, 0.2) is 0 Å². The Bertz CT molecular complexity index is 503. The Kier molecular flexibility index (Phi) is 3.64. The molecule has 0 atom stereocenters. The van der Waals surface area contributed by atoms with Gasteiger partial charge in [0.25, 0.3) is 0 Å². The number of halogens is 1. The number of para-hydroxylation sites is 1. The third kappa shape index (κ3) is 2.98. The van der Waals surface area contributed by atoms with Crippen LogP contribution >= 0.6 is 11.6 Å². The fourth-order valence-electron chi connectivity index (χ4n) is 1.78. The predicted molar refractivity (Wildman–Crippen MR) is 73.1 cm³/mol. The van der Waals surface area contributed by atoms with Gasteiger partial charge in [0.1, 0.15) is 11.0 Å². The van der Waals surface area contributed by atoms with Crippen LogP contribution in [0.5, 0.6) is 0 Å². The van der Waals surface area contributed by atoms with E-state index in [0.29, 0.717) is 5.15 Å². The highest BCUT2D eigenvalue weighted by Gasteiger charge is 2.02. The molecule has 1 heterocycles. The summed E-state index contributed by atoms with van der Waals surface area (Å²) in [5.74, 6) is 0.788. The maximum Gasteiger partial charge on any atom is 0.132 e. The van der Waals surface area contributed by atoms with E-state index < -0.39 is 0 Å². The molecule has 2 nitrogen and oxygen atoms in total. The number of aryl methyl sites for hydroxylation is 2. The maximum atomic E-state index is 5.94. The van der Waals surface area contributed by atoms with Gasteiger partial charge in [-0.25, -0.2) is 4.98 Å². The van der Waals surface area contributed by atoms with Crippen molar-refractivity contribution in [2.45, 2.75) is 20.3 Å². The smallest absolute Gasteiger partial charge is 0.132 e. The van der Waals surface area contributed by atoms with E-state index in [2.05, 4.69) is 29.4 Å². The topological polar surface area (TPSA) is 24.9 Å². The van der Waals surface area contributed by atoms with E-state index in [9.17, 15) is 0 Å². The predicted octanol–water partition coefficient (Wildman–Crippen LogP) is 4.35. The van der Waals surface area contributed by atoms with E-state index in [0.717, 1.165) is 23.5 Å². The second-order valence-electron chi connectivity index (χ2n) is 3.99. The third-order valence-electron chi connectivity index (χ3n) is 2.60. The Balaban J connectivity index is 2.31. The van der Waals surface area contributed by atoms with Gasteiger partial charge in [-0.15, -0.1) is 0 Å². The number of nitrogens with one attached hydrogen (secondary N) is 1. The van der Waals surface area contributed by atoms with E-state index >= 15 is 0 Å². The zero-order valence-corrected chi connectivity index (χ0v) is 10.8. The molecule has 17 heavy (non-hydrogen) atoms. The molecule has 1 aromatic heterocycles. The molecule has 2 aromatic rings. The van der Waals surface area contributed by atoms with Crippen LogP contribution in [0, 0.1) is 6.92 Å². The third-order valence-corrected chi connectivity index (χ3v) is 2.79. The molecule has 3 heteroatoms. The first-order valence-electron chi connectivity index (χ1n) is 5.68. The number of rotatable bonds is 3.